The first-order chi connectivity index (χ1) is 7.66. The van der Waals surface area contributed by atoms with Gasteiger partial charge in [0.2, 0.25) is 0 Å². The summed E-state index contributed by atoms with van der Waals surface area (Å²) in [5.41, 5.74) is 3.37. The van der Waals surface area contributed by atoms with Crippen molar-refractivity contribution < 1.29 is 0 Å². The van der Waals surface area contributed by atoms with E-state index in [4.69, 9.17) is 0 Å². The van der Waals surface area contributed by atoms with Gasteiger partial charge in [0.25, 0.3) is 0 Å². The third kappa shape index (κ3) is 2.41. The summed E-state index contributed by atoms with van der Waals surface area (Å²) in [5.74, 6) is 0. The van der Waals surface area contributed by atoms with Crippen molar-refractivity contribution in [3.05, 3.63) is 40.1 Å². The molecule has 0 aliphatic heterocycles. The number of aromatic nitrogens is 3. The van der Waals surface area contributed by atoms with Gasteiger partial charge >= 0.3 is 0 Å². The van der Waals surface area contributed by atoms with E-state index >= 15 is 0 Å². The zero-order valence-electron chi connectivity index (χ0n) is 9.24. The van der Waals surface area contributed by atoms with Crippen LogP contribution in [0.5, 0.6) is 0 Å². The lowest BCUT2D eigenvalue weighted by Gasteiger charge is -2.07. The van der Waals surface area contributed by atoms with E-state index < -0.39 is 0 Å². The zero-order chi connectivity index (χ0) is 11.5. The van der Waals surface area contributed by atoms with E-state index in [1.54, 1.807) is 10.9 Å². The Bertz CT molecular complexity index is 492. The Labute approximate surface area is 103 Å². The summed E-state index contributed by atoms with van der Waals surface area (Å²) in [6, 6.07) is 6.19. The molecule has 2 rings (SSSR count). The van der Waals surface area contributed by atoms with Gasteiger partial charge in [-0.1, -0.05) is 21.1 Å². The van der Waals surface area contributed by atoms with Gasteiger partial charge in [0, 0.05) is 17.2 Å². The number of nitrogens with one attached hydrogen (secondary N) is 1. The van der Waals surface area contributed by atoms with Crippen molar-refractivity contribution in [3.63, 3.8) is 0 Å². The van der Waals surface area contributed by atoms with E-state index in [-0.39, 0.29) is 0 Å². The molecule has 0 fully saturated rings. The lowest BCUT2D eigenvalue weighted by atomic mass is 10.2. The van der Waals surface area contributed by atoms with Crippen molar-refractivity contribution >= 4 is 21.6 Å². The molecule has 0 radical (unpaired) electrons. The second-order valence-electron chi connectivity index (χ2n) is 3.67. The van der Waals surface area contributed by atoms with E-state index in [1.165, 1.54) is 5.56 Å². The van der Waals surface area contributed by atoms with Gasteiger partial charge in [-0.3, -0.25) is 4.68 Å². The molecule has 0 unspecified atom stereocenters. The number of aryl methyl sites for hydroxylation is 2. The van der Waals surface area contributed by atoms with Gasteiger partial charge in [-0.05, 0) is 30.7 Å². The molecule has 1 heterocycles. The molecule has 0 spiro atoms. The van der Waals surface area contributed by atoms with Crippen LogP contribution in [-0.2, 0) is 13.6 Å². The van der Waals surface area contributed by atoms with E-state index in [1.807, 2.05) is 19.2 Å². The predicted octanol–water partition coefficient (Wildman–Crippen LogP) is 2.50. The summed E-state index contributed by atoms with van der Waals surface area (Å²) in [6.07, 6.45) is 1.76. The number of hydrogen-bond donors (Lipinski definition) is 1. The van der Waals surface area contributed by atoms with Crippen LogP contribution in [0.4, 0.5) is 5.69 Å². The monoisotopic (exact) mass is 280 g/mol. The summed E-state index contributed by atoms with van der Waals surface area (Å²) >= 11 is 3.48. The topological polar surface area (TPSA) is 42.7 Å². The third-order valence-electron chi connectivity index (χ3n) is 2.44. The van der Waals surface area contributed by atoms with Crippen LogP contribution in [-0.4, -0.2) is 15.0 Å². The van der Waals surface area contributed by atoms with Crippen LogP contribution in [0.1, 0.15) is 11.3 Å². The van der Waals surface area contributed by atoms with E-state index in [9.17, 15) is 0 Å². The molecule has 1 N–H and O–H groups in total. The maximum absolute atomic E-state index is 3.88. The number of nitrogens with zero attached hydrogens (tertiary/aromatic N) is 3. The molecule has 0 saturated heterocycles. The molecule has 0 aliphatic carbocycles. The van der Waals surface area contributed by atoms with E-state index in [0.29, 0.717) is 0 Å². The second kappa shape index (κ2) is 4.65. The first kappa shape index (κ1) is 11.1. The van der Waals surface area contributed by atoms with Crippen molar-refractivity contribution in [1.29, 1.82) is 0 Å². The van der Waals surface area contributed by atoms with Crippen molar-refractivity contribution in [3.8, 4) is 0 Å². The molecule has 0 aliphatic rings. The first-order valence-electron chi connectivity index (χ1n) is 5.00. The van der Waals surface area contributed by atoms with Crippen LogP contribution in [0, 0.1) is 6.92 Å². The van der Waals surface area contributed by atoms with Crippen LogP contribution in [0.15, 0.2) is 28.9 Å². The van der Waals surface area contributed by atoms with Crippen LogP contribution in [0.2, 0.25) is 0 Å². The number of halogens is 1. The van der Waals surface area contributed by atoms with Crippen molar-refractivity contribution in [2.24, 2.45) is 7.05 Å². The predicted molar refractivity (Wildman–Crippen MR) is 67.2 cm³/mol. The fraction of sp³-hybridized carbons (Fsp3) is 0.273. The zero-order valence-corrected chi connectivity index (χ0v) is 10.8. The highest BCUT2D eigenvalue weighted by molar-refractivity contribution is 9.10. The quantitative estimate of drug-likeness (QED) is 0.940. The van der Waals surface area contributed by atoms with Crippen LogP contribution in [0.25, 0.3) is 0 Å². The molecule has 2 aromatic rings. The molecule has 0 bridgehead atoms. The van der Waals surface area contributed by atoms with E-state index in [0.717, 1.165) is 22.4 Å². The highest BCUT2D eigenvalue weighted by atomic mass is 79.9. The summed E-state index contributed by atoms with van der Waals surface area (Å²) in [5, 5.41) is 11.0. The molecular formula is C11H13BrN4. The summed E-state index contributed by atoms with van der Waals surface area (Å²) in [4.78, 5) is 0. The van der Waals surface area contributed by atoms with E-state index in [2.05, 4.69) is 44.5 Å². The Morgan fingerprint density at radius 2 is 2.25 bits per heavy atom. The Morgan fingerprint density at radius 1 is 1.44 bits per heavy atom. The standard InChI is InChI=1S/C11H13BrN4/c1-8-5-9(3-4-11(8)12)13-6-10-7-14-15-16(10)2/h3-5,7,13H,6H2,1-2H3. The molecule has 1 aromatic heterocycles. The molecule has 0 atom stereocenters. The number of benzene rings is 1. The molecule has 1 aromatic carbocycles. The first-order valence-corrected chi connectivity index (χ1v) is 5.79. The van der Waals surface area contributed by atoms with Crippen molar-refractivity contribution in [2.45, 2.75) is 13.5 Å². The highest BCUT2D eigenvalue weighted by Crippen LogP contribution is 2.20. The maximum Gasteiger partial charge on any atom is 0.0774 e. The summed E-state index contributed by atoms with van der Waals surface area (Å²) < 4.78 is 2.89. The van der Waals surface area contributed by atoms with Crippen LogP contribution < -0.4 is 5.32 Å². The summed E-state index contributed by atoms with van der Waals surface area (Å²) in [6.45, 7) is 2.80. The Kier molecular flexibility index (Phi) is 3.24. The van der Waals surface area contributed by atoms with Gasteiger partial charge in [0.05, 0.1) is 18.4 Å². The third-order valence-corrected chi connectivity index (χ3v) is 3.33. The number of hydrogen-bond acceptors (Lipinski definition) is 3. The molecule has 16 heavy (non-hydrogen) atoms. The van der Waals surface area contributed by atoms with Gasteiger partial charge in [-0.15, -0.1) is 5.10 Å². The lowest BCUT2D eigenvalue weighted by molar-refractivity contribution is 0.683. The highest BCUT2D eigenvalue weighted by Gasteiger charge is 2.00. The van der Waals surface area contributed by atoms with Gasteiger partial charge in [-0.2, -0.15) is 0 Å². The van der Waals surface area contributed by atoms with Crippen LogP contribution in [0.3, 0.4) is 0 Å². The Morgan fingerprint density at radius 3 is 2.88 bits per heavy atom. The molecular weight excluding hydrogens is 268 g/mol. The second-order valence-corrected chi connectivity index (χ2v) is 4.52. The van der Waals surface area contributed by atoms with Gasteiger partial charge in [-0.25, -0.2) is 0 Å². The fourth-order valence-corrected chi connectivity index (χ4v) is 1.66. The average molecular weight is 281 g/mol. The number of anilines is 1. The van der Waals surface area contributed by atoms with Gasteiger partial charge in [0.15, 0.2) is 0 Å². The molecule has 4 nitrogen and oxygen atoms in total. The normalized spacial score (nSPS) is 10.4. The molecule has 0 saturated carbocycles. The molecule has 5 heteroatoms. The molecule has 84 valence electrons. The van der Waals surface area contributed by atoms with Crippen LogP contribution >= 0.6 is 15.9 Å². The average Bonchev–Trinajstić information content (AvgIpc) is 2.66. The smallest absolute Gasteiger partial charge is 0.0774 e. The Balaban J connectivity index is 2.05. The minimum absolute atomic E-state index is 0.727. The largest absolute Gasteiger partial charge is 0.379 e. The molecule has 0 amide bonds. The minimum Gasteiger partial charge on any atom is -0.379 e. The summed E-state index contributed by atoms with van der Waals surface area (Å²) in [7, 11) is 1.89. The van der Waals surface area contributed by atoms with Gasteiger partial charge < -0.3 is 5.32 Å². The maximum atomic E-state index is 3.88. The van der Waals surface area contributed by atoms with Gasteiger partial charge in [0.1, 0.15) is 0 Å². The SMILES string of the molecule is Cc1cc(NCc2cnnn2C)ccc1Br. The van der Waals surface area contributed by atoms with Crippen molar-refractivity contribution in [2.75, 3.05) is 5.32 Å². The number of rotatable bonds is 3. The Hall–Kier alpha value is -1.36. The lowest BCUT2D eigenvalue weighted by Crippen LogP contribution is -2.05. The minimum atomic E-state index is 0.727. The fourth-order valence-electron chi connectivity index (χ4n) is 1.42. The van der Waals surface area contributed by atoms with Crippen molar-refractivity contribution in [1.82, 2.24) is 15.0 Å².